The Kier molecular flexibility index (Phi) is 6.76. The van der Waals surface area contributed by atoms with Gasteiger partial charge >= 0.3 is 0 Å². The zero-order chi connectivity index (χ0) is 22.7. The third-order valence-electron chi connectivity index (χ3n) is 4.75. The number of nitrogens with two attached hydrogens (primary N) is 1. The molecule has 1 unspecified atom stereocenters. The maximum absolute atomic E-state index is 14.4. The molecule has 0 bridgehead atoms. The van der Waals surface area contributed by atoms with Crippen LogP contribution in [0.15, 0.2) is 30.6 Å². The van der Waals surface area contributed by atoms with Crippen LogP contribution in [-0.4, -0.2) is 47.7 Å². The summed E-state index contributed by atoms with van der Waals surface area (Å²) in [6.07, 6.45) is 2.52. The van der Waals surface area contributed by atoms with Crippen LogP contribution in [0.3, 0.4) is 0 Å². The largest absolute Gasteiger partial charge is 0.480 e. The lowest BCUT2D eigenvalue weighted by molar-refractivity contribution is 0.102. The van der Waals surface area contributed by atoms with Crippen LogP contribution in [0, 0.1) is 11.2 Å². The number of amidine groups is 1. The molecule has 0 aliphatic rings. The van der Waals surface area contributed by atoms with E-state index in [0.29, 0.717) is 0 Å². The van der Waals surface area contributed by atoms with Crippen LogP contribution in [0.1, 0.15) is 42.7 Å². The zero-order valence-corrected chi connectivity index (χ0v) is 17.9. The molecule has 1 amide bonds. The Hall–Kier alpha value is -3.08. The number of nitrogens with one attached hydrogen (secondary N) is 2. The summed E-state index contributed by atoms with van der Waals surface area (Å²) >= 11 is 0. The number of rotatable bonds is 8. The summed E-state index contributed by atoms with van der Waals surface area (Å²) < 4.78 is 43.0. The minimum Gasteiger partial charge on any atom is -0.480 e. The second-order valence-electron chi connectivity index (χ2n) is 7.24. The molecular formula is C19H24FN5O4S. The number of halogens is 1. The molecule has 4 N–H and O–H groups in total. The van der Waals surface area contributed by atoms with Crippen molar-refractivity contribution in [2.45, 2.75) is 31.4 Å². The molecule has 30 heavy (non-hydrogen) atoms. The van der Waals surface area contributed by atoms with Gasteiger partial charge < -0.3 is 15.8 Å². The van der Waals surface area contributed by atoms with Crippen molar-refractivity contribution >= 4 is 27.3 Å². The number of ether oxygens (including phenoxy) is 1. The second kappa shape index (κ2) is 8.74. The van der Waals surface area contributed by atoms with E-state index in [-0.39, 0.29) is 22.8 Å². The number of hydrogen-bond donors (Lipinski definition) is 3. The lowest BCUT2D eigenvalue weighted by Gasteiger charge is -2.25. The van der Waals surface area contributed by atoms with E-state index >= 15 is 0 Å². The molecule has 1 atom stereocenters. The normalized spacial score (nSPS) is 12.8. The Balaban J connectivity index is 2.23. The number of anilines is 1. The van der Waals surface area contributed by atoms with Gasteiger partial charge in [0, 0.05) is 5.69 Å². The Morgan fingerprint density at radius 1 is 1.33 bits per heavy atom. The fourth-order valence-electron chi connectivity index (χ4n) is 2.53. The average Bonchev–Trinajstić information content (AvgIpc) is 2.68. The first-order valence-corrected chi connectivity index (χ1v) is 10.6. The first kappa shape index (κ1) is 23.2. The molecule has 0 fully saturated rings. The fourth-order valence-corrected chi connectivity index (χ4v) is 4.12. The Morgan fingerprint density at radius 2 is 2.00 bits per heavy atom. The number of sulfone groups is 1. The molecule has 0 aliphatic carbocycles. The van der Waals surface area contributed by atoms with Crippen LogP contribution in [0.4, 0.5) is 10.1 Å². The van der Waals surface area contributed by atoms with Crippen molar-refractivity contribution in [2.24, 2.45) is 5.73 Å². The van der Waals surface area contributed by atoms with Gasteiger partial charge in [0.15, 0.2) is 9.84 Å². The van der Waals surface area contributed by atoms with Crippen LogP contribution in [-0.2, 0) is 9.84 Å². The summed E-state index contributed by atoms with van der Waals surface area (Å²) in [7, 11) is -2.42. The van der Waals surface area contributed by atoms with E-state index in [2.05, 4.69) is 15.3 Å². The summed E-state index contributed by atoms with van der Waals surface area (Å²) in [5.41, 5.74) is 5.82. The standard InChI is InChI=1S/C19H24FN5O4S/c1-11(10-30(27,28)19(2,3)18(21)22)13-7-12(5-6-14(13)20)25-17(26)15-8-24-16(29-4)9-23-15/h5-9,11H,10H2,1-4H3,(H3,21,22)(H,25,26). The second-order valence-corrected chi connectivity index (χ2v) is 9.82. The SMILES string of the molecule is COc1cnc(C(=O)Nc2ccc(F)c(C(C)CS(=O)(=O)C(C)(C)C(=N)N)c2)cn1. The highest BCUT2D eigenvalue weighted by atomic mass is 32.2. The molecule has 9 nitrogen and oxygen atoms in total. The van der Waals surface area contributed by atoms with E-state index in [1.807, 2.05) is 0 Å². The molecule has 1 aromatic heterocycles. The molecule has 2 rings (SSSR count). The van der Waals surface area contributed by atoms with Crippen LogP contribution in [0.2, 0.25) is 0 Å². The monoisotopic (exact) mass is 437 g/mol. The van der Waals surface area contributed by atoms with Gasteiger partial charge in [-0.25, -0.2) is 22.8 Å². The lowest BCUT2D eigenvalue weighted by atomic mass is 10.0. The Morgan fingerprint density at radius 3 is 2.53 bits per heavy atom. The van der Waals surface area contributed by atoms with Crippen LogP contribution < -0.4 is 15.8 Å². The van der Waals surface area contributed by atoms with Gasteiger partial charge in [-0.3, -0.25) is 10.2 Å². The molecule has 1 aromatic carbocycles. The number of methoxy groups -OCH3 is 1. The van der Waals surface area contributed by atoms with Gasteiger partial charge in [-0.15, -0.1) is 0 Å². The van der Waals surface area contributed by atoms with Crippen molar-refractivity contribution in [1.82, 2.24) is 9.97 Å². The third kappa shape index (κ3) is 4.90. The van der Waals surface area contributed by atoms with Crippen molar-refractivity contribution in [3.05, 3.63) is 47.7 Å². The molecular weight excluding hydrogens is 413 g/mol. The minimum absolute atomic E-state index is 0.0282. The first-order valence-electron chi connectivity index (χ1n) is 8.92. The maximum atomic E-state index is 14.4. The number of aromatic nitrogens is 2. The number of benzene rings is 1. The topological polar surface area (TPSA) is 148 Å². The van der Waals surface area contributed by atoms with Gasteiger partial charge in [0.1, 0.15) is 22.1 Å². The van der Waals surface area contributed by atoms with Crippen molar-refractivity contribution in [3.8, 4) is 5.88 Å². The smallest absolute Gasteiger partial charge is 0.275 e. The van der Waals surface area contributed by atoms with Crippen LogP contribution in [0.5, 0.6) is 5.88 Å². The van der Waals surface area contributed by atoms with E-state index in [9.17, 15) is 17.6 Å². The first-order chi connectivity index (χ1) is 13.9. The van der Waals surface area contributed by atoms with Crippen LogP contribution >= 0.6 is 0 Å². The van der Waals surface area contributed by atoms with Crippen LogP contribution in [0.25, 0.3) is 0 Å². The van der Waals surface area contributed by atoms with Crippen molar-refractivity contribution < 1.29 is 22.3 Å². The van der Waals surface area contributed by atoms with Gasteiger partial charge in [0.05, 0.1) is 25.3 Å². The van der Waals surface area contributed by atoms with Gasteiger partial charge in [-0.1, -0.05) is 6.92 Å². The number of amides is 1. The molecule has 162 valence electrons. The summed E-state index contributed by atoms with van der Waals surface area (Å²) in [5.74, 6) is -2.58. The minimum atomic E-state index is -3.84. The third-order valence-corrected chi connectivity index (χ3v) is 7.46. The number of hydrogen-bond acceptors (Lipinski definition) is 7. The molecule has 0 saturated heterocycles. The van der Waals surface area contributed by atoms with Gasteiger partial charge in [-0.2, -0.15) is 0 Å². The summed E-state index contributed by atoms with van der Waals surface area (Å²) in [6, 6.07) is 3.86. The summed E-state index contributed by atoms with van der Waals surface area (Å²) in [6.45, 7) is 4.22. The van der Waals surface area contributed by atoms with Crippen molar-refractivity contribution in [1.29, 1.82) is 5.41 Å². The lowest BCUT2D eigenvalue weighted by Crippen LogP contribution is -2.46. The van der Waals surface area contributed by atoms with E-state index in [0.717, 1.165) is 6.07 Å². The highest BCUT2D eigenvalue weighted by molar-refractivity contribution is 7.93. The van der Waals surface area contributed by atoms with E-state index in [1.165, 1.54) is 45.5 Å². The molecule has 0 aliphatic heterocycles. The van der Waals surface area contributed by atoms with E-state index in [4.69, 9.17) is 15.9 Å². The Labute approximate surface area is 174 Å². The zero-order valence-electron chi connectivity index (χ0n) is 17.1. The van der Waals surface area contributed by atoms with Crippen molar-refractivity contribution in [3.63, 3.8) is 0 Å². The van der Waals surface area contributed by atoms with Gasteiger partial charge in [-0.05, 0) is 43.5 Å². The highest BCUT2D eigenvalue weighted by Gasteiger charge is 2.38. The predicted molar refractivity (Wildman–Crippen MR) is 111 cm³/mol. The van der Waals surface area contributed by atoms with E-state index < -0.39 is 43.8 Å². The number of carbonyl (C=O) groups excluding carboxylic acids is 1. The van der Waals surface area contributed by atoms with Gasteiger partial charge in [0.2, 0.25) is 5.88 Å². The fraction of sp³-hybridized carbons (Fsp3) is 0.368. The maximum Gasteiger partial charge on any atom is 0.275 e. The number of carbonyl (C=O) groups is 1. The molecule has 1 heterocycles. The van der Waals surface area contributed by atoms with Crippen molar-refractivity contribution in [2.75, 3.05) is 18.2 Å². The quantitative estimate of drug-likeness (QED) is 0.423. The Bertz CT molecular complexity index is 1060. The average molecular weight is 437 g/mol. The summed E-state index contributed by atoms with van der Waals surface area (Å²) in [5, 5.41) is 10.1. The molecule has 2 aromatic rings. The summed E-state index contributed by atoms with van der Waals surface area (Å²) in [4.78, 5) is 20.2. The molecule has 0 spiro atoms. The highest BCUT2D eigenvalue weighted by Crippen LogP contribution is 2.28. The predicted octanol–water partition coefficient (Wildman–Crippen LogP) is 2.11. The molecule has 0 saturated carbocycles. The van der Waals surface area contributed by atoms with Gasteiger partial charge in [0.25, 0.3) is 5.91 Å². The molecule has 11 heteroatoms. The number of nitrogens with zero attached hydrogens (tertiary/aromatic N) is 2. The molecule has 0 radical (unpaired) electrons. The van der Waals surface area contributed by atoms with E-state index in [1.54, 1.807) is 6.92 Å².